The number of rotatable bonds is 1. The lowest BCUT2D eigenvalue weighted by Crippen LogP contribution is -2.29. The Morgan fingerprint density at radius 2 is 2.14 bits per heavy atom. The molecule has 0 aromatic carbocycles. The third-order valence-electron chi connectivity index (χ3n) is 2.23. The number of oxime groups is 1. The summed E-state index contributed by atoms with van der Waals surface area (Å²) in [5.41, 5.74) is 5.80. The lowest BCUT2D eigenvalue weighted by molar-refractivity contribution is 0.297. The van der Waals surface area contributed by atoms with Crippen LogP contribution in [0.25, 0.3) is 0 Å². The molecular weight excluding hydrogens is 186 g/mol. The molecule has 1 saturated heterocycles. The maximum atomic E-state index is 8.86. The first kappa shape index (κ1) is 8.79. The number of nitrogens with zero attached hydrogens (tertiary/aromatic N) is 4. The number of aromatic nitrogens is 2. The van der Waals surface area contributed by atoms with E-state index in [1.54, 1.807) is 0 Å². The van der Waals surface area contributed by atoms with E-state index in [2.05, 4.69) is 20.1 Å². The van der Waals surface area contributed by atoms with Gasteiger partial charge in [-0.1, -0.05) is 5.16 Å². The van der Waals surface area contributed by atoms with Gasteiger partial charge in [-0.25, -0.2) is 4.63 Å². The van der Waals surface area contributed by atoms with Gasteiger partial charge < -0.3 is 15.8 Å². The molecule has 0 bridgehead atoms. The van der Waals surface area contributed by atoms with E-state index in [0.717, 1.165) is 25.9 Å². The molecule has 1 fully saturated rings. The molecule has 0 aliphatic carbocycles. The van der Waals surface area contributed by atoms with Crippen LogP contribution >= 0.6 is 0 Å². The normalized spacial score (nSPS) is 17.7. The second-order valence-corrected chi connectivity index (χ2v) is 3.12. The van der Waals surface area contributed by atoms with E-state index >= 15 is 0 Å². The number of nitrogen functional groups attached to an aromatic ring is 1. The summed E-state index contributed by atoms with van der Waals surface area (Å²) in [6.45, 7) is 1.68. The Morgan fingerprint density at radius 3 is 2.64 bits per heavy atom. The van der Waals surface area contributed by atoms with E-state index in [0.29, 0.717) is 11.5 Å². The average Bonchev–Trinajstić information content (AvgIpc) is 2.80. The first-order chi connectivity index (χ1) is 6.83. The number of likely N-dealkylation sites (tertiary alicyclic amines) is 1. The molecule has 1 aromatic rings. The summed E-state index contributed by atoms with van der Waals surface area (Å²) in [6, 6.07) is 0. The van der Waals surface area contributed by atoms with Crippen molar-refractivity contribution in [2.24, 2.45) is 5.16 Å². The van der Waals surface area contributed by atoms with Gasteiger partial charge in [0.1, 0.15) is 0 Å². The minimum absolute atomic E-state index is 0.143. The summed E-state index contributed by atoms with van der Waals surface area (Å²) in [4.78, 5) is 1.90. The number of hydrogen-bond acceptors (Lipinski definition) is 6. The maximum Gasteiger partial charge on any atom is 0.201 e. The van der Waals surface area contributed by atoms with Crippen LogP contribution in [0.4, 0.5) is 5.82 Å². The van der Waals surface area contributed by atoms with Gasteiger partial charge in [-0.15, -0.1) is 0 Å². The van der Waals surface area contributed by atoms with Gasteiger partial charge in [-0.2, -0.15) is 0 Å². The molecule has 0 atom stereocenters. The quantitative estimate of drug-likeness (QED) is 0.282. The second-order valence-electron chi connectivity index (χ2n) is 3.12. The number of hydrogen-bond donors (Lipinski definition) is 2. The predicted octanol–water partition coefficient (Wildman–Crippen LogP) is -0.117. The van der Waals surface area contributed by atoms with Crippen LogP contribution in [0.3, 0.4) is 0 Å². The molecule has 2 rings (SSSR count). The SMILES string of the molecule is Nc1nonc1C(=NO)N1CCCC1. The van der Waals surface area contributed by atoms with Crippen molar-refractivity contribution in [1.29, 1.82) is 0 Å². The van der Waals surface area contributed by atoms with Gasteiger partial charge in [-0.05, 0) is 23.2 Å². The van der Waals surface area contributed by atoms with Crippen LogP contribution in [0.1, 0.15) is 18.5 Å². The topological polar surface area (TPSA) is 101 Å². The Kier molecular flexibility index (Phi) is 2.21. The summed E-state index contributed by atoms with van der Waals surface area (Å²) in [5, 5.41) is 19.1. The zero-order valence-corrected chi connectivity index (χ0v) is 7.55. The fourth-order valence-corrected chi connectivity index (χ4v) is 1.54. The highest BCUT2D eigenvalue weighted by Crippen LogP contribution is 2.15. The van der Waals surface area contributed by atoms with E-state index in [-0.39, 0.29) is 5.82 Å². The first-order valence-electron chi connectivity index (χ1n) is 4.38. The fraction of sp³-hybridized carbons (Fsp3) is 0.571. The molecule has 7 nitrogen and oxygen atoms in total. The van der Waals surface area contributed by atoms with Gasteiger partial charge in [0.15, 0.2) is 11.5 Å². The standard InChI is InChI=1S/C7H11N5O2/c8-6-5(10-14-11-6)7(9-13)12-3-1-2-4-12/h13H,1-4H2,(H2,8,11). The molecule has 14 heavy (non-hydrogen) atoms. The molecule has 0 radical (unpaired) electrons. The van der Waals surface area contributed by atoms with Gasteiger partial charge in [0.25, 0.3) is 0 Å². The molecule has 2 heterocycles. The van der Waals surface area contributed by atoms with Crippen molar-refractivity contribution in [1.82, 2.24) is 15.2 Å². The Hall–Kier alpha value is -1.79. The van der Waals surface area contributed by atoms with Crippen molar-refractivity contribution in [3.05, 3.63) is 5.69 Å². The van der Waals surface area contributed by atoms with E-state index in [1.807, 2.05) is 4.90 Å². The highest BCUT2D eigenvalue weighted by atomic mass is 16.6. The molecule has 1 aromatic heterocycles. The highest BCUT2D eigenvalue weighted by molar-refractivity contribution is 6.00. The minimum Gasteiger partial charge on any atom is -0.409 e. The van der Waals surface area contributed by atoms with Crippen LogP contribution in [-0.2, 0) is 0 Å². The number of nitrogens with two attached hydrogens (primary N) is 1. The molecule has 7 heteroatoms. The van der Waals surface area contributed by atoms with E-state index < -0.39 is 0 Å². The monoisotopic (exact) mass is 197 g/mol. The lowest BCUT2D eigenvalue weighted by atomic mass is 10.3. The van der Waals surface area contributed by atoms with Crippen LogP contribution in [0.15, 0.2) is 9.78 Å². The zero-order chi connectivity index (χ0) is 9.97. The Balaban J connectivity index is 2.26. The Bertz CT molecular complexity index is 342. The lowest BCUT2D eigenvalue weighted by Gasteiger charge is -2.15. The number of amidine groups is 1. The molecule has 3 N–H and O–H groups in total. The summed E-state index contributed by atoms with van der Waals surface area (Å²) in [5.74, 6) is 0.478. The molecule has 0 spiro atoms. The summed E-state index contributed by atoms with van der Waals surface area (Å²) in [6.07, 6.45) is 2.15. The van der Waals surface area contributed by atoms with Crippen LogP contribution in [0.2, 0.25) is 0 Å². The second kappa shape index (κ2) is 3.52. The summed E-state index contributed by atoms with van der Waals surface area (Å²) in [7, 11) is 0. The van der Waals surface area contributed by atoms with E-state index in [4.69, 9.17) is 10.9 Å². The van der Waals surface area contributed by atoms with E-state index in [9.17, 15) is 0 Å². The summed E-state index contributed by atoms with van der Waals surface area (Å²) < 4.78 is 4.44. The van der Waals surface area contributed by atoms with Gasteiger partial charge in [0.05, 0.1) is 0 Å². The van der Waals surface area contributed by atoms with Gasteiger partial charge in [-0.3, -0.25) is 0 Å². The largest absolute Gasteiger partial charge is 0.409 e. The molecule has 0 amide bonds. The number of anilines is 1. The molecule has 1 aliphatic rings. The molecular formula is C7H11N5O2. The smallest absolute Gasteiger partial charge is 0.201 e. The predicted molar refractivity (Wildman–Crippen MR) is 47.8 cm³/mol. The summed E-state index contributed by atoms with van der Waals surface area (Å²) >= 11 is 0. The minimum atomic E-state index is 0.143. The maximum absolute atomic E-state index is 8.86. The van der Waals surface area contributed by atoms with Gasteiger partial charge >= 0.3 is 0 Å². The van der Waals surface area contributed by atoms with Crippen molar-refractivity contribution >= 4 is 11.7 Å². The van der Waals surface area contributed by atoms with Crippen molar-refractivity contribution in [3.8, 4) is 0 Å². The average molecular weight is 197 g/mol. The molecule has 0 unspecified atom stereocenters. The third kappa shape index (κ3) is 1.36. The first-order valence-corrected chi connectivity index (χ1v) is 4.38. The van der Waals surface area contributed by atoms with Gasteiger partial charge in [0.2, 0.25) is 5.84 Å². The van der Waals surface area contributed by atoms with E-state index in [1.165, 1.54) is 0 Å². The van der Waals surface area contributed by atoms with Crippen molar-refractivity contribution in [2.75, 3.05) is 18.8 Å². The van der Waals surface area contributed by atoms with Crippen LogP contribution < -0.4 is 5.73 Å². The van der Waals surface area contributed by atoms with Crippen molar-refractivity contribution < 1.29 is 9.84 Å². The van der Waals surface area contributed by atoms with Crippen molar-refractivity contribution in [3.63, 3.8) is 0 Å². The molecule has 1 aliphatic heterocycles. The van der Waals surface area contributed by atoms with Crippen LogP contribution in [0, 0.1) is 0 Å². The third-order valence-corrected chi connectivity index (χ3v) is 2.23. The Labute approximate surface area is 80.1 Å². The fourth-order valence-electron chi connectivity index (χ4n) is 1.54. The molecule has 0 saturated carbocycles. The van der Waals surface area contributed by atoms with Crippen LogP contribution in [0.5, 0.6) is 0 Å². The Morgan fingerprint density at radius 1 is 1.43 bits per heavy atom. The van der Waals surface area contributed by atoms with Crippen molar-refractivity contribution in [2.45, 2.75) is 12.8 Å². The van der Waals surface area contributed by atoms with Gasteiger partial charge in [0, 0.05) is 13.1 Å². The highest BCUT2D eigenvalue weighted by Gasteiger charge is 2.23. The molecule has 76 valence electrons. The van der Waals surface area contributed by atoms with Crippen LogP contribution in [-0.4, -0.2) is 39.3 Å². The zero-order valence-electron chi connectivity index (χ0n) is 7.55.